The molecule has 2 amide bonds. The minimum absolute atomic E-state index is 0.283. The number of amides is 2. The zero-order valence-corrected chi connectivity index (χ0v) is 17.4. The minimum atomic E-state index is -0.977. The molecule has 1 aliphatic carbocycles. The van der Waals surface area contributed by atoms with Crippen LogP contribution in [-0.4, -0.2) is 29.5 Å². The van der Waals surface area contributed by atoms with Gasteiger partial charge in [-0.2, -0.15) is 0 Å². The molecule has 9 heteroatoms. The average molecular weight is 492 g/mol. The van der Waals surface area contributed by atoms with E-state index >= 15 is 0 Å². The van der Waals surface area contributed by atoms with Crippen molar-refractivity contribution < 1.29 is 24.2 Å². The van der Waals surface area contributed by atoms with Gasteiger partial charge in [0.15, 0.2) is 6.61 Å². The van der Waals surface area contributed by atoms with E-state index in [-0.39, 0.29) is 6.61 Å². The molecule has 0 unspecified atom stereocenters. The van der Waals surface area contributed by atoms with Crippen molar-refractivity contribution in [2.45, 2.75) is 32.6 Å². The van der Waals surface area contributed by atoms with Crippen LogP contribution in [0.3, 0.4) is 0 Å². The van der Waals surface area contributed by atoms with Gasteiger partial charge < -0.3 is 9.84 Å². The fraction of sp³-hybridized carbons (Fsp3) is 0.471. The molecule has 26 heavy (non-hydrogen) atoms. The highest BCUT2D eigenvalue weighted by molar-refractivity contribution is 9.11. The van der Waals surface area contributed by atoms with Crippen LogP contribution < -0.4 is 15.6 Å². The van der Waals surface area contributed by atoms with Gasteiger partial charge in [0.05, 0.1) is 16.3 Å². The smallest absolute Gasteiger partial charge is 0.307 e. The molecule has 1 aromatic carbocycles. The van der Waals surface area contributed by atoms with Gasteiger partial charge in [0, 0.05) is 4.47 Å². The normalized spacial score (nSPS) is 19.5. The molecule has 7 nitrogen and oxygen atoms in total. The predicted octanol–water partition coefficient (Wildman–Crippen LogP) is 2.94. The number of carboxylic acids is 1. The molecule has 0 spiro atoms. The molecular weight excluding hydrogens is 472 g/mol. The summed E-state index contributed by atoms with van der Waals surface area (Å²) >= 11 is 6.74. The van der Waals surface area contributed by atoms with Crippen molar-refractivity contribution >= 4 is 49.6 Å². The number of ether oxygens (including phenoxy) is 1. The molecule has 1 aliphatic rings. The van der Waals surface area contributed by atoms with Crippen molar-refractivity contribution in [3.8, 4) is 5.75 Å². The van der Waals surface area contributed by atoms with E-state index in [4.69, 9.17) is 4.74 Å². The third-order valence-electron chi connectivity index (χ3n) is 4.29. The Morgan fingerprint density at radius 3 is 2.42 bits per heavy atom. The monoisotopic (exact) mass is 490 g/mol. The lowest BCUT2D eigenvalue weighted by atomic mass is 9.79. The van der Waals surface area contributed by atoms with Crippen LogP contribution in [0.2, 0.25) is 0 Å². The van der Waals surface area contributed by atoms with Gasteiger partial charge in [-0.1, -0.05) is 28.8 Å². The Balaban J connectivity index is 1.85. The van der Waals surface area contributed by atoms with E-state index in [1.807, 2.05) is 13.0 Å². The zero-order chi connectivity index (χ0) is 19.3. The van der Waals surface area contributed by atoms with E-state index in [2.05, 4.69) is 42.7 Å². The van der Waals surface area contributed by atoms with Crippen molar-refractivity contribution in [1.29, 1.82) is 0 Å². The number of aryl methyl sites for hydroxylation is 1. The summed E-state index contributed by atoms with van der Waals surface area (Å²) in [5.41, 5.74) is 5.43. The van der Waals surface area contributed by atoms with Gasteiger partial charge in [0.25, 0.3) is 5.91 Å². The first-order valence-corrected chi connectivity index (χ1v) is 9.78. The van der Waals surface area contributed by atoms with Crippen molar-refractivity contribution in [3.63, 3.8) is 0 Å². The molecule has 3 N–H and O–H groups in total. The van der Waals surface area contributed by atoms with E-state index < -0.39 is 29.6 Å². The molecular formula is C17H20Br2N2O5. The van der Waals surface area contributed by atoms with Crippen LogP contribution >= 0.6 is 31.9 Å². The van der Waals surface area contributed by atoms with E-state index in [1.165, 1.54) is 0 Å². The van der Waals surface area contributed by atoms with Gasteiger partial charge in [0.2, 0.25) is 5.91 Å². The van der Waals surface area contributed by atoms with Crippen LogP contribution in [0.5, 0.6) is 5.75 Å². The molecule has 1 fully saturated rings. The molecule has 0 radical (unpaired) electrons. The second-order valence-corrected chi connectivity index (χ2v) is 7.97. The van der Waals surface area contributed by atoms with Crippen molar-refractivity contribution in [3.05, 3.63) is 26.6 Å². The van der Waals surface area contributed by atoms with Crippen LogP contribution in [0.4, 0.5) is 0 Å². The molecule has 2 atom stereocenters. The fourth-order valence-electron chi connectivity index (χ4n) is 3.01. The largest absolute Gasteiger partial charge is 0.482 e. The summed E-state index contributed by atoms with van der Waals surface area (Å²) in [5, 5.41) is 9.22. The number of carbonyl (C=O) groups is 3. The molecule has 0 aliphatic heterocycles. The van der Waals surface area contributed by atoms with Crippen LogP contribution in [0, 0.1) is 18.8 Å². The molecule has 142 valence electrons. The molecule has 0 bridgehead atoms. The Kier molecular flexibility index (Phi) is 7.45. The van der Waals surface area contributed by atoms with E-state index in [0.29, 0.717) is 23.1 Å². The number of hydrazine groups is 1. The summed E-state index contributed by atoms with van der Waals surface area (Å²) in [6, 6.07) is 3.66. The molecule has 0 heterocycles. The number of halogens is 2. The lowest BCUT2D eigenvalue weighted by molar-refractivity contribution is -0.149. The highest BCUT2D eigenvalue weighted by atomic mass is 79.9. The van der Waals surface area contributed by atoms with E-state index in [9.17, 15) is 19.5 Å². The summed E-state index contributed by atoms with van der Waals surface area (Å²) < 4.78 is 7.08. The number of rotatable bonds is 5. The number of hydrogen-bond acceptors (Lipinski definition) is 4. The summed E-state index contributed by atoms with van der Waals surface area (Å²) in [5.74, 6) is -2.80. The van der Waals surface area contributed by atoms with Crippen molar-refractivity contribution in [1.82, 2.24) is 10.9 Å². The molecule has 0 saturated heterocycles. The SMILES string of the molecule is Cc1cc(Br)cc(Br)c1OCC(=O)NNC(=O)[C@@H]1CCCC[C@H]1C(=O)O. The van der Waals surface area contributed by atoms with Crippen molar-refractivity contribution in [2.24, 2.45) is 11.8 Å². The highest BCUT2D eigenvalue weighted by Gasteiger charge is 2.35. The number of benzene rings is 1. The molecule has 0 aromatic heterocycles. The first kappa shape index (κ1) is 20.7. The topological polar surface area (TPSA) is 105 Å². The maximum Gasteiger partial charge on any atom is 0.307 e. The summed E-state index contributed by atoms with van der Waals surface area (Å²) in [6.07, 6.45) is 2.57. The number of carboxylic acid groups (broad SMARTS) is 1. The fourth-order valence-corrected chi connectivity index (χ4v) is 4.56. The Morgan fingerprint density at radius 2 is 1.81 bits per heavy atom. The Morgan fingerprint density at radius 1 is 1.15 bits per heavy atom. The number of hydrogen-bond donors (Lipinski definition) is 3. The predicted molar refractivity (Wildman–Crippen MR) is 101 cm³/mol. The molecule has 2 rings (SSSR count). The van der Waals surface area contributed by atoms with Gasteiger partial charge in [-0.15, -0.1) is 0 Å². The van der Waals surface area contributed by atoms with Crippen molar-refractivity contribution in [2.75, 3.05) is 6.61 Å². The van der Waals surface area contributed by atoms with Gasteiger partial charge in [0.1, 0.15) is 5.75 Å². The van der Waals surface area contributed by atoms with Gasteiger partial charge in [-0.05, 0) is 53.4 Å². The minimum Gasteiger partial charge on any atom is -0.482 e. The number of nitrogens with one attached hydrogen (secondary N) is 2. The van der Waals surface area contributed by atoms with Crippen LogP contribution in [0.25, 0.3) is 0 Å². The third-order valence-corrected chi connectivity index (χ3v) is 5.33. The van der Waals surface area contributed by atoms with E-state index in [0.717, 1.165) is 22.9 Å². The summed E-state index contributed by atoms with van der Waals surface area (Å²) in [6.45, 7) is 1.56. The molecule has 1 aromatic rings. The quantitative estimate of drug-likeness (QED) is 0.549. The first-order chi connectivity index (χ1) is 12.3. The number of carbonyl (C=O) groups excluding carboxylic acids is 2. The average Bonchev–Trinajstić information content (AvgIpc) is 2.58. The van der Waals surface area contributed by atoms with Crippen LogP contribution in [-0.2, 0) is 14.4 Å². The maximum atomic E-state index is 12.2. The second-order valence-electron chi connectivity index (χ2n) is 6.20. The van der Waals surface area contributed by atoms with Crippen LogP contribution in [0.15, 0.2) is 21.1 Å². The first-order valence-electron chi connectivity index (χ1n) is 8.19. The Labute approximate surface area is 168 Å². The Bertz CT molecular complexity index is 687. The maximum absolute atomic E-state index is 12.2. The number of aliphatic carboxylic acids is 1. The summed E-state index contributed by atoms with van der Waals surface area (Å²) in [4.78, 5) is 35.4. The van der Waals surface area contributed by atoms with Gasteiger partial charge in [-0.3, -0.25) is 25.2 Å². The van der Waals surface area contributed by atoms with Gasteiger partial charge in [-0.25, -0.2) is 0 Å². The second kappa shape index (κ2) is 9.36. The third kappa shape index (κ3) is 5.44. The Hall–Kier alpha value is -1.61. The zero-order valence-electron chi connectivity index (χ0n) is 14.2. The lowest BCUT2D eigenvalue weighted by Gasteiger charge is -2.27. The molecule has 1 saturated carbocycles. The lowest BCUT2D eigenvalue weighted by Crippen LogP contribution is -2.49. The van der Waals surface area contributed by atoms with E-state index in [1.54, 1.807) is 6.07 Å². The highest BCUT2D eigenvalue weighted by Crippen LogP contribution is 2.32. The summed E-state index contributed by atoms with van der Waals surface area (Å²) in [7, 11) is 0. The van der Waals surface area contributed by atoms with Crippen LogP contribution in [0.1, 0.15) is 31.2 Å². The standard InChI is InChI=1S/C17H20Br2N2O5/c1-9-6-10(18)7-13(19)15(9)26-8-14(22)20-21-16(23)11-4-2-3-5-12(11)17(24)25/h6-7,11-12H,2-5,8H2,1H3,(H,20,22)(H,21,23)(H,24,25)/t11-,12-/m1/s1. The van der Waals surface area contributed by atoms with Gasteiger partial charge >= 0.3 is 5.97 Å².